The smallest absolute Gasteiger partial charge is 0.145 e. The highest BCUT2D eigenvalue weighted by Crippen LogP contribution is 2.38. The molecule has 0 heterocycles. The minimum absolute atomic E-state index is 0.248. The predicted octanol–water partition coefficient (Wildman–Crippen LogP) is 9.33. The van der Waals surface area contributed by atoms with E-state index in [1.807, 2.05) is 12.1 Å². The van der Waals surface area contributed by atoms with Crippen molar-refractivity contribution in [1.29, 1.82) is 0 Å². The molecule has 0 aromatic heterocycles. The molecule has 1 aliphatic rings. The van der Waals surface area contributed by atoms with Crippen molar-refractivity contribution in [2.75, 3.05) is 0 Å². The lowest BCUT2D eigenvalue weighted by Gasteiger charge is -2.29. The van der Waals surface area contributed by atoms with E-state index in [2.05, 4.69) is 31.2 Å². The van der Waals surface area contributed by atoms with E-state index >= 15 is 4.39 Å². The van der Waals surface area contributed by atoms with Crippen LogP contribution in [-0.4, -0.2) is 0 Å². The van der Waals surface area contributed by atoms with Crippen molar-refractivity contribution in [1.82, 2.24) is 0 Å². The van der Waals surface area contributed by atoms with Gasteiger partial charge in [0.1, 0.15) is 22.5 Å². The van der Waals surface area contributed by atoms with Gasteiger partial charge in [-0.1, -0.05) is 54.1 Å². The third-order valence-electron chi connectivity index (χ3n) is 7.08. The van der Waals surface area contributed by atoms with E-state index in [4.69, 9.17) is 11.6 Å². The predicted molar refractivity (Wildman–Crippen MR) is 131 cm³/mol. The van der Waals surface area contributed by atoms with Crippen LogP contribution in [0.25, 0.3) is 10.8 Å². The number of hydrogen-bond acceptors (Lipinski definition) is 0. The van der Waals surface area contributed by atoms with Gasteiger partial charge in [0.2, 0.25) is 0 Å². The van der Waals surface area contributed by atoms with Crippen molar-refractivity contribution in [2.45, 2.75) is 64.2 Å². The number of benzene rings is 3. The van der Waals surface area contributed by atoms with Gasteiger partial charge in [0.25, 0.3) is 0 Å². The quantitative estimate of drug-likeness (QED) is 0.238. The van der Waals surface area contributed by atoms with Crippen LogP contribution in [-0.2, 0) is 12.8 Å². The molecule has 4 heteroatoms. The van der Waals surface area contributed by atoms with E-state index < -0.39 is 16.7 Å². The molecule has 3 aromatic rings. The molecule has 0 radical (unpaired) electrons. The van der Waals surface area contributed by atoms with Crippen LogP contribution >= 0.6 is 11.6 Å². The number of rotatable bonds is 7. The molecule has 0 amide bonds. The van der Waals surface area contributed by atoms with Crippen molar-refractivity contribution in [3.05, 3.63) is 93.8 Å². The number of allylic oxidation sites excluding steroid dienone is 2. The van der Waals surface area contributed by atoms with E-state index in [-0.39, 0.29) is 5.82 Å². The van der Waals surface area contributed by atoms with Crippen LogP contribution in [0.5, 0.6) is 0 Å². The molecular formula is C29H30ClF3. The first-order chi connectivity index (χ1) is 16.0. The topological polar surface area (TPSA) is 0 Å². The second-order valence-electron chi connectivity index (χ2n) is 9.26. The van der Waals surface area contributed by atoms with Crippen LogP contribution in [0.2, 0.25) is 5.02 Å². The maximum absolute atomic E-state index is 15.2. The van der Waals surface area contributed by atoms with Crippen LogP contribution in [0.15, 0.2) is 54.6 Å². The molecule has 1 fully saturated rings. The molecule has 0 nitrogen and oxygen atoms in total. The Morgan fingerprint density at radius 2 is 1.64 bits per heavy atom. The van der Waals surface area contributed by atoms with Crippen molar-refractivity contribution < 1.29 is 13.2 Å². The van der Waals surface area contributed by atoms with Crippen LogP contribution in [0.4, 0.5) is 13.2 Å². The summed E-state index contributed by atoms with van der Waals surface area (Å²) in [5.74, 6) is -0.457. The van der Waals surface area contributed by atoms with Crippen molar-refractivity contribution >= 4 is 22.4 Å². The van der Waals surface area contributed by atoms with E-state index in [1.54, 1.807) is 6.07 Å². The highest BCUT2D eigenvalue weighted by molar-refractivity contribution is 6.30. The average molecular weight is 471 g/mol. The lowest BCUT2D eigenvalue weighted by atomic mass is 9.77. The third kappa shape index (κ3) is 5.63. The normalized spacial score (nSPS) is 18.9. The van der Waals surface area contributed by atoms with Gasteiger partial charge in [-0.05, 0) is 104 Å². The summed E-state index contributed by atoms with van der Waals surface area (Å²) in [6.45, 7) is 2.07. The van der Waals surface area contributed by atoms with Crippen LogP contribution < -0.4 is 0 Å². The van der Waals surface area contributed by atoms with Gasteiger partial charge in [0.15, 0.2) is 0 Å². The van der Waals surface area contributed by atoms with E-state index in [9.17, 15) is 8.78 Å². The van der Waals surface area contributed by atoms with Crippen LogP contribution in [0.3, 0.4) is 0 Å². The second-order valence-corrected chi connectivity index (χ2v) is 9.63. The molecule has 0 saturated heterocycles. The fraction of sp³-hybridized carbons (Fsp3) is 0.379. The summed E-state index contributed by atoms with van der Waals surface area (Å²) in [4.78, 5) is 0. The molecule has 0 N–H and O–H groups in total. The molecule has 3 aromatic carbocycles. The Morgan fingerprint density at radius 3 is 2.33 bits per heavy atom. The summed E-state index contributed by atoms with van der Waals surface area (Å²) in [6.07, 6.45) is 12.4. The Labute approximate surface area is 199 Å². The van der Waals surface area contributed by atoms with Crippen LogP contribution in [0, 0.1) is 23.4 Å². The lowest BCUT2D eigenvalue weighted by molar-refractivity contribution is 0.312. The lowest BCUT2D eigenvalue weighted by Crippen LogP contribution is -2.13. The number of hydrogen-bond donors (Lipinski definition) is 0. The first kappa shape index (κ1) is 23.9. The standard InChI is InChI=1S/C29H30ClF3/c1-2-3-4-5-19-6-9-21(10-7-19)23-14-15-25-24(18-23)13-12-22(29(25)33)11-8-20-16-26(31)28(30)27(32)17-20/h2-3,12-19,21H,4-11H2,1H3/b3-2+. The third-order valence-corrected chi connectivity index (χ3v) is 7.44. The minimum Gasteiger partial charge on any atom is -0.206 e. The average Bonchev–Trinajstić information content (AvgIpc) is 2.82. The van der Waals surface area contributed by atoms with Gasteiger partial charge < -0.3 is 0 Å². The Morgan fingerprint density at radius 1 is 0.909 bits per heavy atom. The summed E-state index contributed by atoms with van der Waals surface area (Å²) in [7, 11) is 0. The molecule has 1 aliphatic carbocycles. The van der Waals surface area contributed by atoms with Crippen molar-refractivity contribution in [2.24, 2.45) is 5.92 Å². The molecule has 0 aliphatic heterocycles. The molecular weight excluding hydrogens is 441 g/mol. The van der Waals surface area contributed by atoms with Crippen molar-refractivity contribution in [3.8, 4) is 0 Å². The SMILES string of the molecule is C/C=C/CCC1CCC(c2ccc3c(F)c(CCc4cc(F)c(Cl)c(F)c4)ccc3c2)CC1. The van der Waals surface area contributed by atoms with Gasteiger partial charge in [0, 0.05) is 5.39 Å². The first-order valence-electron chi connectivity index (χ1n) is 11.9. The zero-order valence-corrected chi connectivity index (χ0v) is 19.8. The maximum atomic E-state index is 15.2. The summed E-state index contributed by atoms with van der Waals surface area (Å²) >= 11 is 5.55. The van der Waals surface area contributed by atoms with Gasteiger partial charge in [0.05, 0.1) is 0 Å². The molecule has 1 saturated carbocycles. The van der Waals surface area contributed by atoms with Gasteiger partial charge in [-0.2, -0.15) is 0 Å². The van der Waals surface area contributed by atoms with Gasteiger partial charge in [-0.15, -0.1) is 0 Å². The van der Waals surface area contributed by atoms with E-state index in [1.165, 1.54) is 56.2 Å². The Hall–Kier alpha value is -2.26. The summed E-state index contributed by atoms with van der Waals surface area (Å²) in [5, 5.41) is 1.01. The summed E-state index contributed by atoms with van der Waals surface area (Å²) in [5.41, 5.74) is 2.31. The molecule has 33 heavy (non-hydrogen) atoms. The summed E-state index contributed by atoms with van der Waals surface area (Å²) in [6, 6.07) is 12.3. The van der Waals surface area contributed by atoms with Crippen molar-refractivity contribution in [3.63, 3.8) is 0 Å². The first-order valence-corrected chi connectivity index (χ1v) is 12.3. The van der Waals surface area contributed by atoms with Crippen LogP contribution in [0.1, 0.15) is 68.1 Å². The molecule has 0 spiro atoms. The number of fused-ring (bicyclic) bond motifs is 1. The Balaban J connectivity index is 1.43. The Kier molecular flexibility index (Phi) is 7.80. The summed E-state index contributed by atoms with van der Waals surface area (Å²) < 4.78 is 42.6. The minimum atomic E-state index is -0.787. The molecule has 0 atom stereocenters. The maximum Gasteiger partial charge on any atom is 0.145 e. The molecule has 0 bridgehead atoms. The fourth-order valence-corrected chi connectivity index (χ4v) is 5.23. The molecule has 0 unspecified atom stereocenters. The number of halogens is 4. The molecule has 174 valence electrons. The largest absolute Gasteiger partial charge is 0.206 e. The zero-order chi connectivity index (χ0) is 23.4. The Bertz CT molecular complexity index is 1120. The zero-order valence-electron chi connectivity index (χ0n) is 19.0. The monoisotopic (exact) mass is 470 g/mol. The highest BCUT2D eigenvalue weighted by atomic mass is 35.5. The highest BCUT2D eigenvalue weighted by Gasteiger charge is 2.22. The number of aryl methyl sites for hydroxylation is 2. The fourth-order valence-electron chi connectivity index (χ4n) is 5.12. The molecule has 4 rings (SSSR count). The van der Waals surface area contributed by atoms with Gasteiger partial charge in [-0.3, -0.25) is 0 Å². The second kappa shape index (κ2) is 10.8. The van der Waals surface area contributed by atoms with E-state index in [0.29, 0.717) is 35.3 Å². The van der Waals surface area contributed by atoms with E-state index in [0.717, 1.165) is 11.3 Å². The van der Waals surface area contributed by atoms with Gasteiger partial charge >= 0.3 is 0 Å². The van der Waals surface area contributed by atoms with Gasteiger partial charge in [-0.25, -0.2) is 13.2 Å².